The van der Waals surface area contributed by atoms with Crippen LogP contribution in [-0.2, 0) is 4.74 Å². The molecule has 2 fully saturated rings. The minimum atomic E-state index is 0. The number of rotatable bonds is 1. The van der Waals surface area contributed by atoms with Crippen LogP contribution in [0.1, 0.15) is 6.42 Å². The monoisotopic (exact) mass is 178 g/mol. The normalized spacial score (nSPS) is 41.7. The highest BCUT2D eigenvalue weighted by atomic mass is 35.5. The van der Waals surface area contributed by atoms with Crippen molar-refractivity contribution in [2.45, 2.75) is 12.0 Å². The highest BCUT2D eigenvalue weighted by Crippen LogP contribution is 2.33. The molecule has 2 aliphatic heterocycles. The molecular formula is C7H15ClN2O. The Balaban J connectivity index is 0.000000605. The molecule has 3 nitrogen and oxygen atoms in total. The SMILES string of the molecule is Cl.NC[C@]12CNC[C@H]1CCO2. The summed E-state index contributed by atoms with van der Waals surface area (Å²) < 4.78 is 5.63. The fraction of sp³-hybridized carbons (Fsp3) is 1.00. The van der Waals surface area contributed by atoms with E-state index < -0.39 is 0 Å². The number of halogens is 1. The summed E-state index contributed by atoms with van der Waals surface area (Å²) in [4.78, 5) is 0. The molecule has 0 aliphatic carbocycles. The van der Waals surface area contributed by atoms with Gasteiger partial charge in [-0.2, -0.15) is 0 Å². The van der Waals surface area contributed by atoms with E-state index in [9.17, 15) is 0 Å². The van der Waals surface area contributed by atoms with Crippen LogP contribution in [0, 0.1) is 5.92 Å². The van der Waals surface area contributed by atoms with Gasteiger partial charge in [-0.3, -0.25) is 0 Å². The van der Waals surface area contributed by atoms with Gasteiger partial charge in [0.25, 0.3) is 0 Å². The van der Waals surface area contributed by atoms with E-state index in [4.69, 9.17) is 10.5 Å². The zero-order valence-electron chi connectivity index (χ0n) is 6.51. The van der Waals surface area contributed by atoms with Crippen molar-refractivity contribution >= 4 is 12.4 Å². The molecule has 4 heteroatoms. The second kappa shape index (κ2) is 3.27. The maximum Gasteiger partial charge on any atom is 0.0968 e. The summed E-state index contributed by atoms with van der Waals surface area (Å²) >= 11 is 0. The Kier molecular flexibility index (Phi) is 2.75. The second-order valence-electron chi connectivity index (χ2n) is 3.23. The molecule has 2 rings (SSSR count). The van der Waals surface area contributed by atoms with Gasteiger partial charge >= 0.3 is 0 Å². The molecule has 3 N–H and O–H groups in total. The van der Waals surface area contributed by atoms with Crippen LogP contribution >= 0.6 is 12.4 Å². The third-order valence-electron chi connectivity index (χ3n) is 2.76. The Morgan fingerprint density at radius 3 is 3.09 bits per heavy atom. The summed E-state index contributed by atoms with van der Waals surface area (Å²) in [5.41, 5.74) is 5.66. The van der Waals surface area contributed by atoms with E-state index in [1.165, 1.54) is 6.42 Å². The minimum absolute atomic E-state index is 0. The lowest BCUT2D eigenvalue weighted by molar-refractivity contribution is 0.0111. The van der Waals surface area contributed by atoms with E-state index in [1.807, 2.05) is 0 Å². The number of hydrogen-bond donors (Lipinski definition) is 2. The van der Waals surface area contributed by atoms with E-state index >= 15 is 0 Å². The lowest BCUT2D eigenvalue weighted by atomic mass is 9.91. The van der Waals surface area contributed by atoms with Crippen molar-refractivity contribution < 1.29 is 4.74 Å². The van der Waals surface area contributed by atoms with Crippen molar-refractivity contribution in [3.05, 3.63) is 0 Å². The number of fused-ring (bicyclic) bond motifs is 1. The fourth-order valence-electron chi connectivity index (χ4n) is 2.02. The maximum absolute atomic E-state index is 5.64. The van der Waals surface area contributed by atoms with Crippen LogP contribution in [0.5, 0.6) is 0 Å². The molecule has 66 valence electrons. The highest BCUT2D eigenvalue weighted by Gasteiger charge is 2.46. The van der Waals surface area contributed by atoms with Gasteiger partial charge < -0.3 is 15.8 Å². The summed E-state index contributed by atoms with van der Waals surface area (Å²) in [5, 5.41) is 3.31. The molecule has 0 unspecified atom stereocenters. The van der Waals surface area contributed by atoms with Crippen LogP contribution in [0.15, 0.2) is 0 Å². The summed E-state index contributed by atoms with van der Waals surface area (Å²) in [5.74, 6) is 0.678. The molecule has 0 aromatic rings. The molecule has 2 aliphatic rings. The van der Waals surface area contributed by atoms with E-state index in [0.717, 1.165) is 19.7 Å². The Labute approximate surface area is 73.1 Å². The smallest absolute Gasteiger partial charge is 0.0968 e. The molecule has 0 bridgehead atoms. The first-order chi connectivity index (χ1) is 4.87. The first-order valence-corrected chi connectivity index (χ1v) is 3.92. The molecule has 0 radical (unpaired) electrons. The summed E-state index contributed by atoms with van der Waals surface area (Å²) in [7, 11) is 0. The standard InChI is InChI=1S/C7H14N2O.ClH/c8-4-7-5-9-3-6(7)1-2-10-7;/h6,9H,1-5,8H2;1H/t6-,7+;/m1./s1. The van der Waals surface area contributed by atoms with Crippen molar-refractivity contribution in [1.82, 2.24) is 5.32 Å². The predicted molar refractivity (Wildman–Crippen MR) is 46.0 cm³/mol. The Bertz CT molecular complexity index is 132. The van der Waals surface area contributed by atoms with Crippen LogP contribution in [0.25, 0.3) is 0 Å². The van der Waals surface area contributed by atoms with Crippen molar-refractivity contribution in [1.29, 1.82) is 0 Å². The number of hydrogen-bond acceptors (Lipinski definition) is 3. The van der Waals surface area contributed by atoms with E-state index in [2.05, 4.69) is 5.32 Å². The van der Waals surface area contributed by atoms with Gasteiger partial charge in [-0.05, 0) is 6.42 Å². The quantitative estimate of drug-likeness (QED) is 0.582. The molecule has 0 saturated carbocycles. The summed E-state index contributed by atoms with van der Waals surface area (Å²) in [6.45, 7) is 3.62. The van der Waals surface area contributed by atoms with Crippen molar-refractivity contribution in [2.24, 2.45) is 11.7 Å². The highest BCUT2D eigenvalue weighted by molar-refractivity contribution is 5.85. The maximum atomic E-state index is 5.64. The molecule has 11 heavy (non-hydrogen) atoms. The zero-order chi connectivity index (χ0) is 7.03. The van der Waals surface area contributed by atoms with Gasteiger partial charge in [0.05, 0.1) is 5.60 Å². The largest absolute Gasteiger partial charge is 0.372 e. The van der Waals surface area contributed by atoms with Gasteiger partial charge in [0.1, 0.15) is 0 Å². The molecule has 0 aromatic heterocycles. The van der Waals surface area contributed by atoms with Gasteiger partial charge in [0, 0.05) is 32.2 Å². The van der Waals surface area contributed by atoms with Crippen LogP contribution in [0.4, 0.5) is 0 Å². The first kappa shape index (κ1) is 9.26. The topological polar surface area (TPSA) is 47.3 Å². The van der Waals surface area contributed by atoms with Crippen LogP contribution < -0.4 is 11.1 Å². The lowest BCUT2D eigenvalue weighted by Gasteiger charge is -2.24. The van der Waals surface area contributed by atoms with Crippen LogP contribution in [0.3, 0.4) is 0 Å². The minimum Gasteiger partial charge on any atom is -0.372 e. The van der Waals surface area contributed by atoms with E-state index in [-0.39, 0.29) is 18.0 Å². The van der Waals surface area contributed by atoms with Crippen LogP contribution in [0.2, 0.25) is 0 Å². The second-order valence-corrected chi connectivity index (χ2v) is 3.23. The van der Waals surface area contributed by atoms with Crippen molar-refractivity contribution in [3.8, 4) is 0 Å². The molecule has 0 spiro atoms. The van der Waals surface area contributed by atoms with E-state index in [0.29, 0.717) is 12.5 Å². The Hall–Kier alpha value is 0.170. The average Bonchev–Trinajstić information content (AvgIpc) is 2.42. The zero-order valence-corrected chi connectivity index (χ0v) is 7.32. The summed E-state index contributed by atoms with van der Waals surface area (Å²) in [6, 6.07) is 0. The summed E-state index contributed by atoms with van der Waals surface area (Å²) in [6.07, 6.45) is 1.18. The molecule has 0 amide bonds. The number of nitrogens with two attached hydrogens (primary N) is 1. The molecule has 2 saturated heterocycles. The predicted octanol–water partition coefficient (Wildman–Crippen LogP) is -0.255. The van der Waals surface area contributed by atoms with Gasteiger partial charge in [0.2, 0.25) is 0 Å². The third-order valence-corrected chi connectivity index (χ3v) is 2.76. The number of ether oxygens (including phenoxy) is 1. The lowest BCUT2D eigenvalue weighted by Crippen LogP contribution is -2.43. The molecule has 0 aromatic carbocycles. The van der Waals surface area contributed by atoms with Crippen molar-refractivity contribution in [2.75, 3.05) is 26.2 Å². The average molecular weight is 179 g/mol. The fourth-order valence-corrected chi connectivity index (χ4v) is 2.02. The molecule has 2 heterocycles. The van der Waals surface area contributed by atoms with E-state index in [1.54, 1.807) is 0 Å². The van der Waals surface area contributed by atoms with Crippen LogP contribution in [-0.4, -0.2) is 31.8 Å². The third kappa shape index (κ3) is 1.26. The van der Waals surface area contributed by atoms with Gasteiger partial charge in [-0.15, -0.1) is 12.4 Å². The van der Waals surface area contributed by atoms with Crippen molar-refractivity contribution in [3.63, 3.8) is 0 Å². The Morgan fingerprint density at radius 1 is 1.64 bits per heavy atom. The van der Waals surface area contributed by atoms with Gasteiger partial charge in [-0.1, -0.05) is 0 Å². The molecule has 2 atom stereocenters. The Morgan fingerprint density at radius 2 is 2.45 bits per heavy atom. The molecular weight excluding hydrogens is 164 g/mol. The first-order valence-electron chi connectivity index (χ1n) is 3.92. The van der Waals surface area contributed by atoms with Gasteiger partial charge in [-0.25, -0.2) is 0 Å². The number of nitrogens with one attached hydrogen (secondary N) is 1. The van der Waals surface area contributed by atoms with Gasteiger partial charge in [0.15, 0.2) is 0 Å².